The van der Waals surface area contributed by atoms with Crippen LogP contribution < -0.4 is 10.5 Å². The van der Waals surface area contributed by atoms with Crippen molar-refractivity contribution in [3.63, 3.8) is 0 Å². The quantitative estimate of drug-likeness (QED) is 0.258. The van der Waals surface area contributed by atoms with E-state index >= 15 is 0 Å². The van der Waals surface area contributed by atoms with E-state index in [2.05, 4.69) is 30.3 Å². The SMILES string of the molecule is Cc1cccc(-c2c(Cc3cccc4ccccc34)c(Cl)c(=O)n3c2N(Cc2ccccc2)CC3C(=O)O)c1. The van der Waals surface area contributed by atoms with Crippen LogP contribution in [-0.2, 0) is 17.8 Å². The topological polar surface area (TPSA) is 62.5 Å². The summed E-state index contributed by atoms with van der Waals surface area (Å²) < 4.78 is 1.39. The summed E-state index contributed by atoms with van der Waals surface area (Å²) in [5.41, 5.74) is 5.09. The molecule has 6 heteroatoms. The molecule has 1 unspecified atom stereocenters. The summed E-state index contributed by atoms with van der Waals surface area (Å²) >= 11 is 6.91. The zero-order valence-electron chi connectivity index (χ0n) is 21.5. The lowest BCUT2D eigenvalue weighted by molar-refractivity contribution is -0.140. The highest BCUT2D eigenvalue weighted by atomic mass is 35.5. The van der Waals surface area contributed by atoms with Crippen LogP contribution in [0, 0.1) is 6.92 Å². The molecule has 1 aromatic heterocycles. The molecule has 0 saturated heterocycles. The molecule has 5 nitrogen and oxygen atoms in total. The molecule has 0 aliphatic carbocycles. The molecular weight excluding hydrogens is 508 g/mol. The first-order valence-corrected chi connectivity index (χ1v) is 13.3. The lowest BCUT2D eigenvalue weighted by atomic mass is 9.92. The van der Waals surface area contributed by atoms with Gasteiger partial charge < -0.3 is 10.0 Å². The van der Waals surface area contributed by atoms with E-state index in [0.717, 1.165) is 38.6 Å². The monoisotopic (exact) mass is 534 g/mol. The molecule has 6 rings (SSSR count). The summed E-state index contributed by atoms with van der Waals surface area (Å²) in [7, 11) is 0. The van der Waals surface area contributed by atoms with Gasteiger partial charge in [0.05, 0.1) is 6.54 Å². The third-order valence-electron chi connectivity index (χ3n) is 7.48. The summed E-state index contributed by atoms with van der Waals surface area (Å²) in [6.45, 7) is 2.66. The van der Waals surface area contributed by atoms with Crippen molar-refractivity contribution >= 4 is 34.2 Å². The number of anilines is 1. The molecule has 1 aliphatic heterocycles. The molecule has 4 aromatic carbocycles. The van der Waals surface area contributed by atoms with Crippen molar-refractivity contribution in [2.45, 2.75) is 25.9 Å². The normalized spacial score (nSPS) is 14.5. The molecule has 0 spiro atoms. The number of carboxylic acid groups (broad SMARTS) is 1. The van der Waals surface area contributed by atoms with Gasteiger partial charge in [-0.05, 0) is 39.9 Å². The Balaban J connectivity index is 1.64. The van der Waals surface area contributed by atoms with Crippen molar-refractivity contribution in [1.82, 2.24) is 4.57 Å². The van der Waals surface area contributed by atoms with E-state index in [9.17, 15) is 14.7 Å². The van der Waals surface area contributed by atoms with Gasteiger partial charge >= 0.3 is 5.97 Å². The number of carbonyl (C=O) groups is 1. The van der Waals surface area contributed by atoms with Gasteiger partial charge in [0.25, 0.3) is 5.56 Å². The molecule has 5 aromatic rings. The molecule has 0 bridgehead atoms. The number of carboxylic acids is 1. The van der Waals surface area contributed by atoms with Gasteiger partial charge in [0.2, 0.25) is 0 Å². The van der Waals surface area contributed by atoms with Gasteiger partial charge in [-0.25, -0.2) is 4.79 Å². The maximum Gasteiger partial charge on any atom is 0.328 e. The van der Waals surface area contributed by atoms with Crippen LogP contribution in [0.4, 0.5) is 5.82 Å². The molecule has 0 radical (unpaired) electrons. The van der Waals surface area contributed by atoms with Crippen LogP contribution >= 0.6 is 11.6 Å². The van der Waals surface area contributed by atoms with E-state index < -0.39 is 17.6 Å². The highest BCUT2D eigenvalue weighted by Gasteiger charge is 2.39. The minimum atomic E-state index is -1.05. The fraction of sp³-hybridized carbons (Fsp3) is 0.152. The summed E-state index contributed by atoms with van der Waals surface area (Å²) in [4.78, 5) is 28.3. The predicted octanol–water partition coefficient (Wildman–Crippen LogP) is 6.87. The van der Waals surface area contributed by atoms with Crippen LogP contribution in [0.15, 0.2) is 102 Å². The number of rotatable bonds is 6. The Morgan fingerprint density at radius 3 is 2.44 bits per heavy atom. The minimum Gasteiger partial charge on any atom is -0.480 e. The molecule has 194 valence electrons. The number of nitrogens with zero attached hydrogens (tertiary/aromatic N) is 2. The zero-order chi connectivity index (χ0) is 27.1. The number of halogens is 1. The highest BCUT2D eigenvalue weighted by molar-refractivity contribution is 6.32. The van der Waals surface area contributed by atoms with Crippen molar-refractivity contribution in [3.05, 3.63) is 135 Å². The fourth-order valence-electron chi connectivity index (χ4n) is 5.71. The summed E-state index contributed by atoms with van der Waals surface area (Å²) in [5.74, 6) is -0.455. The van der Waals surface area contributed by atoms with Crippen molar-refractivity contribution in [1.29, 1.82) is 0 Å². The molecule has 1 aliphatic rings. The van der Waals surface area contributed by atoms with Gasteiger partial charge in [0.1, 0.15) is 10.8 Å². The third-order valence-corrected chi connectivity index (χ3v) is 7.87. The van der Waals surface area contributed by atoms with E-state index in [1.165, 1.54) is 4.57 Å². The Bertz CT molecular complexity index is 1770. The van der Waals surface area contributed by atoms with E-state index in [4.69, 9.17) is 11.6 Å². The Morgan fingerprint density at radius 2 is 1.67 bits per heavy atom. The molecule has 0 saturated carbocycles. The van der Waals surface area contributed by atoms with Crippen LogP contribution in [-0.4, -0.2) is 22.2 Å². The minimum absolute atomic E-state index is 0.0657. The van der Waals surface area contributed by atoms with Crippen molar-refractivity contribution < 1.29 is 9.90 Å². The van der Waals surface area contributed by atoms with Gasteiger partial charge in [-0.1, -0.05) is 114 Å². The second kappa shape index (κ2) is 10.1. The smallest absolute Gasteiger partial charge is 0.328 e. The van der Waals surface area contributed by atoms with Crippen LogP contribution in [0.3, 0.4) is 0 Å². The first kappa shape index (κ1) is 25.0. The molecule has 2 heterocycles. The number of benzene rings is 4. The first-order chi connectivity index (χ1) is 18.9. The number of aromatic nitrogens is 1. The van der Waals surface area contributed by atoms with Crippen LogP contribution in [0.25, 0.3) is 21.9 Å². The maximum absolute atomic E-state index is 13.8. The lowest BCUT2D eigenvalue weighted by Crippen LogP contribution is -2.29. The van der Waals surface area contributed by atoms with Crippen LogP contribution in [0.5, 0.6) is 0 Å². The average Bonchev–Trinajstić information content (AvgIpc) is 3.31. The highest BCUT2D eigenvalue weighted by Crippen LogP contribution is 2.43. The number of fused-ring (bicyclic) bond motifs is 2. The molecule has 1 atom stereocenters. The summed E-state index contributed by atoms with van der Waals surface area (Å²) in [6, 6.07) is 31.2. The van der Waals surface area contributed by atoms with E-state index in [0.29, 0.717) is 24.3 Å². The van der Waals surface area contributed by atoms with Gasteiger partial charge in [0, 0.05) is 18.5 Å². The number of hydrogen-bond acceptors (Lipinski definition) is 3. The zero-order valence-corrected chi connectivity index (χ0v) is 22.2. The van der Waals surface area contributed by atoms with Crippen molar-refractivity contribution in [2.24, 2.45) is 0 Å². The third kappa shape index (κ3) is 4.49. The Morgan fingerprint density at radius 1 is 0.949 bits per heavy atom. The van der Waals surface area contributed by atoms with Gasteiger partial charge in [-0.2, -0.15) is 0 Å². The molecular formula is C33H27ClN2O3. The largest absolute Gasteiger partial charge is 0.480 e. The van der Waals surface area contributed by atoms with Gasteiger partial charge in [-0.15, -0.1) is 0 Å². The Kier molecular flexibility index (Phi) is 6.45. The Hall–Kier alpha value is -4.35. The molecule has 1 N–H and O–H groups in total. The summed E-state index contributed by atoms with van der Waals surface area (Å²) in [6.07, 6.45) is 0.434. The van der Waals surface area contributed by atoms with Crippen molar-refractivity contribution in [2.75, 3.05) is 11.4 Å². The first-order valence-electron chi connectivity index (χ1n) is 12.9. The van der Waals surface area contributed by atoms with E-state index in [1.807, 2.05) is 78.6 Å². The fourth-order valence-corrected chi connectivity index (χ4v) is 5.96. The molecule has 0 fully saturated rings. The van der Waals surface area contributed by atoms with Crippen LogP contribution in [0.2, 0.25) is 5.02 Å². The number of aryl methyl sites for hydroxylation is 1. The average molecular weight is 535 g/mol. The standard InChI is InChI=1S/C33H27ClN2O3/c1-21-9-7-15-25(17-21)29-27(18-24-14-8-13-23-12-5-6-16-26(23)24)30(34)32(37)36-28(33(38)39)20-35(31(29)36)19-22-10-3-2-4-11-22/h2-17,28H,18-20H2,1H3,(H,38,39). The number of pyridine rings is 1. The number of aliphatic carboxylic acids is 1. The Labute approximate surface area is 231 Å². The number of hydrogen-bond donors (Lipinski definition) is 1. The van der Waals surface area contributed by atoms with Crippen LogP contribution in [0.1, 0.15) is 28.3 Å². The van der Waals surface area contributed by atoms with Gasteiger partial charge in [-0.3, -0.25) is 9.36 Å². The second-order valence-electron chi connectivity index (χ2n) is 10.1. The maximum atomic E-state index is 13.8. The predicted molar refractivity (Wildman–Crippen MR) is 157 cm³/mol. The van der Waals surface area contributed by atoms with Gasteiger partial charge in [0.15, 0.2) is 6.04 Å². The lowest BCUT2D eigenvalue weighted by Gasteiger charge is -2.25. The van der Waals surface area contributed by atoms with E-state index in [-0.39, 0.29) is 11.6 Å². The second-order valence-corrected chi connectivity index (χ2v) is 10.4. The summed E-state index contributed by atoms with van der Waals surface area (Å²) in [5, 5.41) is 12.4. The molecule has 0 amide bonds. The van der Waals surface area contributed by atoms with E-state index in [1.54, 1.807) is 0 Å². The molecule has 39 heavy (non-hydrogen) atoms. The van der Waals surface area contributed by atoms with Crippen molar-refractivity contribution in [3.8, 4) is 11.1 Å².